The van der Waals surface area contributed by atoms with Crippen LogP contribution < -0.4 is 0 Å². The average molecular weight is 250 g/mol. The zero-order valence-corrected chi connectivity index (χ0v) is 10.6. The molecule has 2 aromatic rings. The molecule has 0 spiro atoms. The van der Waals surface area contributed by atoms with Gasteiger partial charge >= 0.3 is 5.97 Å². The first-order chi connectivity index (χ1) is 8.06. The molecule has 0 aliphatic carbocycles. The van der Waals surface area contributed by atoms with E-state index in [0.717, 1.165) is 21.1 Å². The summed E-state index contributed by atoms with van der Waals surface area (Å²) < 4.78 is 1.96. The quantitative estimate of drug-likeness (QED) is 0.907. The summed E-state index contributed by atoms with van der Waals surface area (Å²) in [5.41, 5.74) is 1.98. The number of nitrogens with zero attached hydrogens (tertiary/aromatic N) is 2. The Morgan fingerprint density at radius 1 is 1.59 bits per heavy atom. The van der Waals surface area contributed by atoms with Gasteiger partial charge in [0.05, 0.1) is 17.1 Å². The molecule has 4 nitrogen and oxygen atoms in total. The molecule has 0 aromatic carbocycles. The summed E-state index contributed by atoms with van der Waals surface area (Å²) in [6.45, 7) is 1.95. The van der Waals surface area contributed by atoms with Crippen LogP contribution in [0.4, 0.5) is 0 Å². The van der Waals surface area contributed by atoms with Gasteiger partial charge in [0, 0.05) is 29.9 Å². The SMILES string of the molecule is Cc1nc(-c2ccn(C)c2)c(CCC(=O)O)s1. The zero-order valence-electron chi connectivity index (χ0n) is 9.80. The molecule has 0 saturated carbocycles. The monoisotopic (exact) mass is 250 g/mol. The summed E-state index contributed by atoms with van der Waals surface area (Å²) in [6.07, 6.45) is 4.66. The second kappa shape index (κ2) is 4.71. The van der Waals surface area contributed by atoms with Crippen molar-refractivity contribution < 1.29 is 9.90 Å². The van der Waals surface area contributed by atoms with Crippen LogP contribution in [0.2, 0.25) is 0 Å². The maximum Gasteiger partial charge on any atom is 0.303 e. The molecule has 2 heterocycles. The molecule has 0 atom stereocenters. The third-order valence-corrected chi connectivity index (χ3v) is 3.51. The summed E-state index contributed by atoms with van der Waals surface area (Å²) in [6, 6.07) is 2.00. The Labute approximate surface area is 104 Å². The lowest BCUT2D eigenvalue weighted by molar-refractivity contribution is -0.136. The number of thiazole rings is 1. The van der Waals surface area contributed by atoms with Crippen LogP contribution in [0.3, 0.4) is 0 Å². The fraction of sp³-hybridized carbons (Fsp3) is 0.333. The van der Waals surface area contributed by atoms with Gasteiger partial charge in [0.1, 0.15) is 0 Å². The molecule has 17 heavy (non-hydrogen) atoms. The fourth-order valence-corrected chi connectivity index (χ4v) is 2.69. The maximum absolute atomic E-state index is 10.6. The highest BCUT2D eigenvalue weighted by Gasteiger charge is 2.13. The van der Waals surface area contributed by atoms with Crippen LogP contribution in [0.1, 0.15) is 16.3 Å². The van der Waals surface area contributed by atoms with Gasteiger partial charge < -0.3 is 9.67 Å². The zero-order chi connectivity index (χ0) is 12.4. The number of carboxylic acids is 1. The van der Waals surface area contributed by atoms with Gasteiger partial charge in [0.25, 0.3) is 0 Å². The minimum Gasteiger partial charge on any atom is -0.481 e. The molecular formula is C12H14N2O2S. The van der Waals surface area contributed by atoms with Crippen molar-refractivity contribution in [1.29, 1.82) is 0 Å². The molecule has 5 heteroatoms. The maximum atomic E-state index is 10.6. The van der Waals surface area contributed by atoms with Crippen molar-refractivity contribution in [3.63, 3.8) is 0 Å². The Kier molecular flexibility index (Phi) is 3.28. The molecule has 0 unspecified atom stereocenters. The third kappa shape index (κ3) is 2.74. The molecular weight excluding hydrogens is 236 g/mol. The predicted octanol–water partition coefficient (Wildman–Crippen LogP) is 2.47. The summed E-state index contributed by atoms with van der Waals surface area (Å²) >= 11 is 1.58. The van der Waals surface area contributed by atoms with Crippen molar-refractivity contribution in [2.45, 2.75) is 19.8 Å². The van der Waals surface area contributed by atoms with Crippen LogP contribution in [-0.4, -0.2) is 20.6 Å². The van der Waals surface area contributed by atoms with Crippen LogP contribution in [-0.2, 0) is 18.3 Å². The largest absolute Gasteiger partial charge is 0.481 e. The standard InChI is InChI=1S/C12H14N2O2S/c1-8-13-12(9-5-6-14(2)7-9)10(17-8)3-4-11(15)16/h5-7H,3-4H2,1-2H3,(H,15,16). The van der Waals surface area contributed by atoms with Gasteiger partial charge in [-0.2, -0.15) is 0 Å². The second-order valence-electron chi connectivity index (χ2n) is 3.96. The Bertz CT molecular complexity index is 542. The van der Waals surface area contributed by atoms with E-state index in [4.69, 9.17) is 5.11 Å². The molecule has 0 fully saturated rings. The lowest BCUT2D eigenvalue weighted by atomic mass is 10.1. The molecule has 2 rings (SSSR count). The number of rotatable bonds is 4. The number of carbonyl (C=O) groups is 1. The smallest absolute Gasteiger partial charge is 0.303 e. The van der Waals surface area contributed by atoms with Crippen LogP contribution in [0, 0.1) is 6.92 Å². The second-order valence-corrected chi connectivity index (χ2v) is 5.25. The fourth-order valence-electron chi connectivity index (χ4n) is 1.73. The summed E-state index contributed by atoms with van der Waals surface area (Å²) in [4.78, 5) is 16.1. The first-order valence-corrected chi connectivity index (χ1v) is 6.18. The average Bonchev–Trinajstić information content (AvgIpc) is 2.81. The lowest BCUT2D eigenvalue weighted by Gasteiger charge is -1.98. The first kappa shape index (κ1) is 11.9. The highest BCUT2D eigenvalue weighted by molar-refractivity contribution is 7.12. The molecule has 2 aromatic heterocycles. The number of aryl methyl sites for hydroxylation is 3. The molecule has 0 aliphatic rings. The first-order valence-electron chi connectivity index (χ1n) is 5.36. The van der Waals surface area contributed by atoms with Gasteiger partial charge in [-0.3, -0.25) is 4.79 Å². The minimum atomic E-state index is -0.768. The number of aromatic nitrogens is 2. The van der Waals surface area contributed by atoms with Gasteiger partial charge in [-0.15, -0.1) is 11.3 Å². The summed E-state index contributed by atoms with van der Waals surface area (Å²) in [7, 11) is 1.96. The van der Waals surface area contributed by atoms with Gasteiger partial charge in [0.15, 0.2) is 0 Å². The van der Waals surface area contributed by atoms with E-state index < -0.39 is 5.97 Å². The minimum absolute atomic E-state index is 0.154. The van der Waals surface area contributed by atoms with Crippen molar-refractivity contribution >= 4 is 17.3 Å². The normalized spacial score (nSPS) is 10.7. The Hall–Kier alpha value is -1.62. The van der Waals surface area contributed by atoms with Gasteiger partial charge in [-0.05, 0) is 19.4 Å². The third-order valence-electron chi connectivity index (χ3n) is 2.48. The van der Waals surface area contributed by atoms with E-state index in [1.54, 1.807) is 11.3 Å². The molecule has 0 amide bonds. The Morgan fingerprint density at radius 3 is 2.94 bits per heavy atom. The highest BCUT2D eigenvalue weighted by atomic mass is 32.1. The molecule has 0 bridgehead atoms. The van der Waals surface area contributed by atoms with Crippen LogP contribution >= 0.6 is 11.3 Å². The topological polar surface area (TPSA) is 55.1 Å². The van der Waals surface area contributed by atoms with Gasteiger partial charge in [-0.25, -0.2) is 4.98 Å². The number of carboxylic acid groups (broad SMARTS) is 1. The van der Waals surface area contributed by atoms with Crippen LogP contribution in [0.25, 0.3) is 11.3 Å². The molecule has 0 saturated heterocycles. The summed E-state index contributed by atoms with van der Waals surface area (Å²) in [5, 5.41) is 9.70. The Morgan fingerprint density at radius 2 is 2.35 bits per heavy atom. The van der Waals surface area contributed by atoms with Crippen LogP contribution in [0.15, 0.2) is 18.5 Å². The van der Waals surface area contributed by atoms with Gasteiger partial charge in [-0.1, -0.05) is 0 Å². The van der Waals surface area contributed by atoms with Gasteiger partial charge in [0.2, 0.25) is 0 Å². The van der Waals surface area contributed by atoms with Crippen molar-refractivity contribution in [3.05, 3.63) is 28.3 Å². The van der Waals surface area contributed by atoms with E-state index in [0.29, 0.717) is 6.42 Å². The van der Waals surface area contributed by atoms with Crippen molar-refractivity contribution in [1.82, 2.24) is 9.55 Å². The molecule has 90 valence electrons. The van der Waals surface area contributed by atoms with E-state index in [1.807, 2.05) is 37.0 Å². The van der Waals surface area contributed by atoms with E-state index in [9.17, 15) is 4.79 Å². The molecule has 0 radical (unpaired) electrons. The highest BCUT2D eigenvalue weighted by Crippen LogP contribution is 2.29. The van der Waals surface area contributed by atoms with E-state index >= 15 is 0 Å². The molecule has 0 aliphatic heterocycles. The number of hydrogen-bond donors (Lipinski definition) is 1. The van der Waals surface area contributed by atoms with Crippen molar-refractivity contribution in [3.8, 4) is 11.3 Å². The van der Waals surface area contributed by atoms with E-state index in [2.05, 4.69) is 4.98 Å². The predicted molar refractivity (Wildman–Crippen MR) is 67.2 cm³/mol. The van der Waals surface area contributed by atoms with Crippen molar-refractivity contribution in [2.75, 3.05) is 0 Å². The molecule has 1 N–H and O–H groups in total. The van der Waals surface area contributed by atoms with Crippen molar-refractivity contribution in [2.24, 2.45) is 7.05 Å². The van der Waals surface area contributed by atoms with Crippen LogP contribution in [0.5, 0.6) is 0 Å². The Balaban J connectivity index is 2.30. The van der Waals surface area contributed by atoms with E-state index in [-0.39, 0.29) is 6.42 Å². The summed E-state index contributed by atoms with van der Waals surface area (Å²) in [5.74, 6) is -0.768. The van der Waals surface area contributed by atoms with E-state index in [1.165, 1.54) is 0 Å². The number of aliphatic carboxylic acids is 1. The number of hydrogen-bond acceptors (Lipinski definition) is 3. The lowest BCUT2D eigenvalue weighted by Crippen LogP contribution is -1.97.